The fourth-order valence-corrected chi connectivity index (χ4v) is 15.4. The van der Waals surface area contributed by atoms with Gasteiger partial charge >= 0.3 is 30.2 Å². The number of hydrogen-bond donors (Lipinski definition) is 5. The molecule has 0 saturated carbocycles. The summed E-state index contributed by atoms with van der Waals surface area (Å²) in [5.41, 5.74) is 1.10. The second-order valence-electron chi connectivity index (χ2n) is 27.4. The van der Waals surface area contributed by atoms with Crippen LogP contribution < -0.4 is 35.4 Å². The first-order valence-corrected chi connectivity index (χ1v) is 38.1. The summed E-state index contributed by atoms with van der Waals surface area (Å²) in [6.45, 7) is 15.2. The summed E-state index contributed by atoms with van der Waals surface area (Å²) in [5, 5.41) is 27.8. The fraction of sp³-hybridized carbons (Fsp3) is 0.324. The number of nitrogens with one attached hydrogen (secondary N) is 3. The number of ketones is 1. The second kappa shape index (κ2) is 34.2. The number of anilines is 3. The summed E-state index contributed by atoms with van der Waals surface area (Å²) in [6.07, 6.45) is -0.388. The Hall–Kier alpha value is -9.78. The summed E-state index contributed by atoms with van der Waals surface area (Å²) in [6, 6.07) is 32.4. The Labute approximate surface area is 632 Å². The van der Waals surface area contributed by atoms with Crippen molar-refractivity contribution in [1.82, 2.24) is 20.9 Å². The van der Waals surface area contributed by atoms with Crippen molar-refractivity contribution >= 4 is 137 Å². The van der Waals surface area contributed by atoms with Crippen molar-refractivity contribution in [2.24, 2.45) is 0 Å². The Morgan fingerprint density at radius 3 is 1.22 bits per heavy atom. The van der Waals surface area contributed by atoms with E-state index in [1.54, 1.807) is 153 Å². The molecule has 7 aromatic rings. The van der Waals surface area contributed by atoms with Crippen LogP contribution in [0, 0.1) is 0 Å². The number of Topliss-reactive ketones (excluding diaryl/α,β-unsaturated/α-hetero) is 1. The van der Waals surface area contributed by atoms with Crippen molar-refractivity contribution in [1.29, 1.82) is 0 Å². The van der Waals surface area contributed by atoms with Gasteiger partial charge in [-0.15, -0.1) is 11.8 Å². The number of carbonyl (C=O) groups excluding carboxylic acids is 7. The van der Waals surface area contributed by atoms with Crippen molar-refractivity contribution < 1.29 is 89.1 Å². The van der Waals surface area contributed by atoms with Gasteiger partial charge in [0.25, 0.3) is 17.7 Å². The number of fused-ring (bicyclic) bond motifs is 3. The van der Waals surface area contributed by atoms with Gasteiger partial charge in [-0.05, 0) is 182 Å². The number of halogens is 3. The highest BCUT2D eigenvalue weighted by Gasteiger charge is 2.42. The van der Waals surface area contributed by atoms with Crippen LogP contribution in [0.15, 0.2) is 160 Å². The zero-order valence-corrected chi connectivity index (χ0v) is 63.9. The van der Waals surface area contributed by atoms with E-state index in [0.29, 0.717) is 44.2 Å². The van der Waals surface area contributed by atoms with Crippen LogP contribution in [-0.4, -0.2) is 145 Å². The van der Waals surface area contributed by atoms with Gasteiger partial charge in [0.1, 0.15) is 34.9 Å². The average molecular weight is 1570 g/mol. The molecule has 10 rings (SSSR count). The number of carboxylic acid groups (broad SMARTS) is 2. The number of hydrogen-bond acceptors (Lipinski definition) is 19. The Morgan fingerprint density at radius 2 is 0.840 bits per heavy atom. The number of rotatable bonds is 16. The molecule has 0 aliphatic carbocycles. The lowest BCUT2D eigenvalue weighted by molar-refractivity contribution is -0.121. The molecule has 5 N–H and O–H groups in total. The number of pyridine rings is 1. The summed E-state index contributed by atoms with van der Waals surface area (Å²) >= 11 is 19.3. The van der Waals surface area contributed by atoms with Crippen molar-refractivity contribution in [2.45, 2.75) is 144 Å². The van der Waals surface area contributed by atoms with Gasteiger partial charge in [-0.25, -0.2) is 45.8 Å². The van der Waals surface area contributed by atoms with E-state index in [2.05, 4.69) is 20.9 Å². The first-order valence-electron chi connectivity index (χ1n) is 32.7. The van der Waals surface area contributed by atoms with Crippen LogP contribution in [0.5, 0.6) is 5.88 Å². The molecule has 0 saturated heterocycles. The third-order valence-electron chi connectivity index (χ3n) is 15.6. The highest BCUT2D eigenvalue weighted by molar-refractivity contribution is 7.99. The van der Waals surface area contributed by atoms with E-state index in [9.17, 15) is 70.2 Å². The maximum absolute atomic E-state index is 13.9. The van der Waals surface area contributed by atoms with Gasteiger partial charge in [-0.2, -0.15) is 0 Å². The number of benzene rings is 6. The van der Waals surface area contributed by atoms with Crippen LogP contribution in [-0.2, 0) is 74.3 Å². The van der Waals surface area contributed by atoms with Crippen LogP contribution in [0.2, 0.25) is 15.1 Å². The normalized spacial score (nSPS) is 16.7. The van der Waals surface area contributed by atoms with Crippen molar-refractivity contribution in [3.05, 3.63) is 200 Å². The van der Waals surface area contributed by atoms with Gasteiger partial charge in [-0.1, -0.05) is 77.3 Å². The molecule has 3 atom stereocenters. The molecular formula is C74H78Cl3N7O19S3. The summed E-state index contributed by atoms with van der Waals surface area (Å²) in [7, 11) is -6.63. The third kappa shape index (κ3) is 22.6. The molecule has 0 unspecified atom stereocenters. The molecule has 0 fully saturated rings. The van der Waals surface area contributed by atoms with Gasteiger partial charge in [-0.3, -0.25) is 19.2 Å². The number of alkyl carbamates (subject to hydrolysis) is 3. The van der Waals surface area contributed by atoms with Gasteiger partial charge in [0, 0.05) is 50.0 Å². The minimum atomic E-state index is -4.07. The van der Waals surface area contributed by atoms with Crippen LogP contribution in [0.3, 0.4) is 0 Å². The number of sulfone groups is 2. The average Bonchev–Trinajstić information content (AvgIpc) is 1.60. The summed E-state index contributed by atoms with van der Waals surface area (Å²) in [4.78, 5) is 123. The maximum Gasteiger partial charge on any atom is 0.408 e. The van der Waals surface area contributed by atoms with Gasteiger partial charge in [0.15, 0.2) is 25.5 Å². The van der Waals surface area contributed by atoms with E-state index >= 15 is 0 Å². The van der Waals surface area contributed by atoms with E-state index in [-0.39, 0.29) is 81.4 Å². The van der Waals surface area contributed by atoms with Crippen LogP contribution in [0.4, 0.5) is 31.4 Å². The minimum absolute atomic E-state index is 0.0276. The SMILES string of the molecule is CC(C)(C)OC(=O)N[C@H]1CS(=O)(=O)c2ccc(C(=O)O)cc2N(Cc2ccc(Cl)cc2)C1=O.CC(C)(C)OC(=O)N[C@H]1CSc2ccc(C(=O)O)cc2N(Cc2ccc(Cl)cc2)C1=O.COc1ccc(CCC(=O)c2ccc3c(c2)N(Cc2ccc(Cl)cc2)C(=O)[C@@H](NC(=O)OC(C)(C)C)CS3(=O)=O)cn1. The molecule has 0 radical (unpaired) electrons. The highest BCUT2D eigenvalue weighted by Crippen LogP contribution is 2.39. The molecule has 562 valence electrons. The van der Waals surface area contributed by atoms with Crippen molar-refractivity contribution in [3.63, 3.8) is 0 Å². The quantitative estimate of drug-likeness (QED) is 0.0443. The summed E-state index contributed by atoms with van der Waals surface area (Å²) < 4.78 is 74.1. The number of amides is 6. The molecule has 4 heterocycles. The largest absolute Gasteiger partial charge is 0.481 e. The lowest BCUT2D eigenvalue weighted by Crippen LogP contribution is -2.51. The molecule has 0 bridgehead atoms. The van der Waals surface area contributed by atoms with E-state index < -0.39 is 108 Å². The molecule has 0 spiro atoms. The molecule has 3 aliphatic rings. The number of carboxylic acids is 2. The topological polar surface area (TPSA) is 358 Å². The Kier molecular flexibility index (Phi) is 26.4. The molecule has 3 aliphatic heterocycles. The molecule has 32 heteroatoms. The first kappa shape index (κ1) is 81.9. The van der Waals surface area contributed by atoms with Crippen LogP contribution >= 0.6 is 46.6 Å². The monoisotopic (exact) mass is 1570 g/mol. The number of aromatic carboxylic acids is 2. The number of methoxy groups -OCH3 is 1. The molecule has 26 nitrogen and oxygen atoms in total. The first-order chi connectivity index (χ1) is 49.5. The molecular weight excluding hydrogens is 1490 g/mol. The number of ether oxygens (including phenoxy) is 4. The van der Waals surface area contributed by atoms with E-state index in [1.165, 1.54) is 59.0 Å². The highest BCUT2D eigenvalue weighted by atomic mass is 35.5. The van der Waals surface area contributed by atoms with Crippen LogP contribution in [0.25, 0.3) is 0 Å². The Morgan fingerprint density at radius 1 is 0.491 bits per heavy atom. The number of thioether (sulfide) groups is 1. The summed E-state index contributed by atoms with van der Waals surface area (Å²) in [5.74, 6) is -4.97. The van der Waals surface area contributed by atoms with Gasteiger partial charge in [0.2, 0.25) is 5.88 Å². The maximum atomic E-state index is 13.9. The fourth-order valence-electron chi connectivity index (χ4n) is 10.7. The zero-order chi connectivity index (χ0) is 78.0. The van der Waals surface area contributed by atoms with Crippen molar-refractivity contribution in [3.8, 4) is 5.88 Å². The lowest BCUT2D eigenvalue weighted by Gasteiger charge is -2.27. The number of aryl methyl sites for hydroxylation is 1. The van der Waals surface area contributed by atoms with Crippen LogP contribution in [0.1, 0.15) is 122 Å². The Balaban J connectivity index is 0.000000204. The van der Waals surface area contributed by atoms with Crippen molar-refractivity contribution in [2.75, 3.05) is 39.1 Å². The van der Waals surface area contributed by atoms with Gasteiger partial charge in [0.05, 0.1) is 76.2 Å². The number of aromatic nitrogens is 1. The molecule has 106 heavy (non-hydrogen) atoms. The number of nitrogens with zero attached hydrogens (tertiary/aromatic N) is 4. The smallest absolute Gasteiger partial charge is 0.408 e. The molecule has 1 aromatic heterocycles. The molecule has 6 aromatic carbocycles. The third-order valence-corrected chi connectivity index (χ3v) is 21.1. The predicted octanol–water partition coefficient (Wildman–Crippen LogP) is 12.6. The lowest BCUT2D eigenvalue weighted by atomic mass is 10.0. The zero-order valence-electron chi connectivity index (χ0n) is 59.2. The number of carbonyl (C=O) groups is 9. The van der Waals surface area contributed by atoms with E-state index in [1.807, 2.05) is 6.07 Å². The second-order valence-corrected chi connectivity index (χ2v) is 33.8. The Bertz CT molecular complexity index is 4720. The molecule has 6 amide bonds. The standard InChI is InChI=1S/C30H32ClN3O7S.C22H23ClN2O7S.C22H23ClN2O5S/c1-30(2,3)41-29(37)33-23-18-42(38,39)26-13-9-21(25(35)12-7-19-8-14-27(40-4)32-16-19)15-24(26)34(28(23)36)17-20-5-10-22(31)11-6-20;1-22(2,3)32-21(29)24-16-12-33(30,31)18-9-6-14(20(27)28)10-17(18)25(19(16)26)11-13-4-7-15(23)8-5-13;1-22(2,3)30-21(29)24-16-12-31-18-9-6-14(20(27)28)10-17(18)25(19(16)26)11-13-4-7-15(23)8-5-13/h5-6,8-11,13-16,23H,7,12,17-18H2,1-4H3,(H,33,37);4-10,16H,11-12H2,1-3H3,(H,24,29)(H,27,28);4-10,16H,11-12H2,1-3H3,(H,24,29)(H,27,28)/t23-;2*16-/m000/s1. The predicted molar refractivity (Wildman–Crippen MR) is 399 cm³/mol. The minimum Gasteiger partial charge on any atom is -0.481 e. The van der Waals surface area contributed by atoms with Gasteiger partial charge < -0.3 is 59.8 Å². The van der Waals surface area contributed by atoms with E-state index in [0.717, 1.165) is 39.1 Å². The van der Waals surface area contributed by atoms with E-state index in [4.69, 9.17) is 53.8 Å².